The number of aryl methyl sites for hydroxylation is 1. The topological polar surface area (TPSA) is 69.8 Å². The molecule has 0 aromatic carbocycles. The normalized spacial score (nSPS) is 11.5. The van der Waals surface area contributed by atoms with E-state index < -0.39 is 0 Å². The fraction of sp³-hybridized carbons (Fsp3) is 0.600. The van der Waals surface area contributed by atoms with Crippen molar-refractivity contribution in [2.75, 3.05) is 5.75 Å². The molecule has 0 unspecified atom stereocenters. The average Bonchev–Trinajstić information content (AvgIpc) is 2.46. The van der Waals surface area contributed by atoms with Crippen LogP contribution in [0.5, 0.6) is 0 Å². The van der Waals surface area contributed by atoms with Crippen molar-refractivity contribution in [3.8, 4) is 0 Å². The standard InChI is InChI=1S/C15H22N4O2S/c1-6-7-22-13-11-12(16-10(4)17-13)19(8-9(2)3)15(21)18(5)14(11)20/h9H,6-8H2,1-5H3. The predicted molar refractivity (Wildman–Crippen MR) is 89.6 cm³/mol. The molecule has 0 amide bonds. The molecule has 0 aliphatic carbocycles. The quantitative estimate of drug-likeness (QED) is 0.622. The van der Waals surface area contributed by atoms with E-state index in [1.165, 1.54) is 7.05 Å². The summed E-state index contributed by atoms with van der Waals surface area (Å²) < 4.78 is 2.74. The highest BCUT2D eigenvalue weighted by molar-refractivity contribution is 7.99. The second kappa shape index (κ2) is 6.64. The Hall–Kier alpha value is -1.63. The van der Waals surface area contributed by atoms with Crippen LogP contribution < -0.4 is 11.2 Å². The molecule has 6 nitrogen and oxygen atoms in total. The van der Waals surface area contributed by atoms with Crippen molar-refractivity contribution < 1.29 is 0 Å². The van der Waals surface area contributed by atoms with Gasteiger partial charge < -0.3 is 0 Å². The molecule has 2 rings (SSSR count). The molecular weight excluding hydrogens is 300 g/mol. The summed E-state index contributed by atoms with van der Waals surface area (Å²) in [6, 6.07) is 0. The second-order valence-electron chi connectivity index (χ2n) is 5.77. The van der Waals surface area contributed by atoms with Crippen LogP contribution in [-0.2, 0) is 13.6 Å². The number of fused-ring (bicyclic) bond motifs is 1. The zero-order valence-corrected chi connectivity index (χ0v) is 14.5. The summed E-state index contributed by atoms with van der Waals surface area (Å²) in [5, 5.41) is 1.12. The molecule has 2 heterocycles. The Balaban J connectivity index is 2.88. The van der Waals surface area contributed by atoms with E-state index in [0.717, 1.165) is 16.7 Å². The summed E-state index contributed by atoms with van der Waals surface area (Å²) in [7, 11) is 1.51. The van der Waals surface area contributed by atoms with E-state index in [9.17, 15) is 9.59 Å². The van der Waals surface area contributed by atoms with Gasteiger partial charge in [0.2, 0.25) is 0 Å². The van der Waals surface area contributed by atoms with Crippen molar-refractivity contribution in [3.63, 3.8) is 0 Å². The first-order chi connectivity index (χ1) is 10.4. The predicted octanol–water partition coefficient (Wildman–Crippen LogP) is 1.96. The number of aromatic nitrogens is 4. The average molecular weight is 322 g/mol. The molecule has 0 saturated carbocycles. The van der Waals surface area contributed by atoms with E-state index >= 15 is 0 Å². The van der Waals surface area contributed by atoms with Crippen molar-refractivity contribution in [3.05, 3.63) is 26.7 Å². The number of nitrogens with zero attached hydrogens (tertiary/aromatic N) is 4. The van der Waals surface area contributed by atoms with Crippen LogP contribution in [0.3, 0.4) is 0 Å². The largest absolute Gasteiger partial charge is 0.332 e. The molecule has 2 aromatic rings. The maximum Gasteiger partial charge on any atom is 0.332 e. The molecule has 7 heteroatoms. The third-order valence-corrected chi connectivity index (χ3v) is 4.43. The van der Waals surface area contributed by atoms with Crippen LogP contribution in [0, 0.1) is 12.8 Å². The van der Waals surface area contributed by atoms with Crippen molar-refractivity contribution in [2.45, 2.75) is 45.7 Å². The van der Waals surface area contributed by atoms with Gasteiger partial charge in [-0.2, -0.15) is 0 Å². The Morgan fingerprint density at radius 3 is 2.50 bits per heavy atom. The van der Waals surface area contributed by atoms with E-state index in [1.54, 1.807) is 23.3 Å². The van der Waals surface area contributed by atoms with Crippen LogP contribution in [0.4, 0.5) is 0 Å². The molecule has 0 radical (unpaired) electrons. The molecule has 0 N–H and O–H groups in total. The van der Waals surface area contributed by atoms with Gasteiger partial charge in [-0.3, -0.25) is 13.9 Å². The molecule has 0 bridgehead atoms. The van der Waals surface area contributed by atoms with Gasteiger partial charge in [-0.25, -0.2) is 14.8 Å². The Morgan fingerprint density at radius 1 is 1.23 bits per heavy atom. The Morgan fingerprint density at radius 2 is 1.91 bits per heavy atom. The lowest BCUT2D eigenvalue weighted by Crippen LogP contribution is -2.39. The van der Waals surface area contributed by atoms with Gasteiger partial charge in [0.25, 0.3) is 5.56 Å². The van der Waals surface area contributed by atoms with Crippen LogP contribution in [0.2, 0.25) is 0 Å². The third kappa shape index (κ3) is 3.09. The molecule has 0 aliphatic rings. The van der Waals surface area contributed by atoms with E-state index in [-0.39, 0.29) is 17.2 Å². The van der Waals surface area contributed by atoms with Gasteiger partial charge >= 0.3 is 5.69 Å². The lowest BCUT2D eigenvalue weighted by Gasteiger charge is -2.15. The molecule has 2 aromatic heterocycles. The summed E-state index contributed by atoms with van der Waals surface area (Å²) in [5.41, 5.74) is -0.192. The SMILES string of the molecule is CCCSc1nc(C)nc2c1c(=O)n(C)c(=O)n2CC(C)C. The van der Waals surface area contributed by atoms with Gasteiger partial charge in [0.15, 0.2) is 5.65 Å². The Labute approximate surface area is 133 Å². The third-order valence-electron chi connectivity index (χ3n) is 3.25. The van der Waals surface area contributed by atoms with Gasteiger partial charge in [-0.1, -0.05) is 20.8 Å². The minimum absolute atomic E-state index is 0.278. The van der Waals surface area contributed by atoms with Crippen molar-refractivity contribution >= 4 is 22.8 Å². The molecular formula is C15H22N4O2S. The number of rotatable bonds is 5. The van der Waals surface area contributed by atoms with Gasteiger partial charge in [0, 0.05) is 13.6 Å². The molecule has 0 fully saturated rings. The molecule has 0 atom stereocenters. The van der Waals surface area contributed by atoms with Gasteiger partial charge in [-0.15, -0.1) is 11.8 Å². The zero-order valence-electron chi connectivity index (χ0n) is 13.7. The number of hydrogen-bond donors (Lipinski definition) is 0. The monoisotopic (exact) mass is 322 g/mol. The summed E-state index contributed by atoms with van der Waals surface area (Å²) >= 11 is 1.54. The summed E-state index contributed by atoms with van der Waals surface area (Å²) in [4.78, 5) is 33.8. The summed E-state index contributed by atoms with van der Waals surface area (Å²) in [6.07, 6.45) is 0.987. The first-order valence-electron chi connectivity index (χ1n) is 7.47. The van der Waals surface area contributed by atoms with Crippen LogP contribution in [-0.4, -0.2) is 24.9 Å². The Bertz CT molecular complexity index is 808. The number of hydrogen-bond acceptors (Lipinski definition) is 5. The van der Waals surface area contributed by atoms with E-state index in [4.69, 9.17) is 0 Å². The fourth-order valence-electron chi connectivity index (χ4n) is 2.27. The molecule has 0 saturated heterocycles. The van der Waals surface area contributed by atoms with Crippen molar-refractivity contribution in [1.82, 2.24) is 19.1 Å². The molecule has 22 heavy (non-hydrogen) atoms. The first-order valence-corrected chi connectivity index (χ1v) is 8.46. The minimum atomic E-state index is -0.323. The summed E-state index contributed by atoms with van der Waals surface area (Å²) in [6.45, 7) is 8.46. The van der Waals surface area contributed by atoms with Crippen LogP contribution in [0.15, 0.2) is 14.6 Å². The highest BCUT2D eigenvalue weighted by Gasteiger charge is 2.18. The lowest BCUT2D eigenvalue weighted by molar-refractivity contribution is 0.498. The van der Waals surface area contributed by atoms with E-state index in [0.29, 0.717) is 28.4 Å². The van der Waals surface area contributed by atoms with Crippen LogP contribution >= 0.6 is 11.8 Å². The van der Waals surface area contributed by atoms with Gasteiger partial charge in [0.05, 0.1) is 0 Å². The fourth-order valence-corrected chi connectivity index (χ4v) is 3.19. The highest BCUT2D eigenvalue weighted by Crippen LogP contribution is 2.23. The first kappa shape index (κ1) is 16.7. The maximum atomic E-state index is 12.5. The minimum Gasteiger partial charge on any atom is -0.277 e. The Kier molecular flexibility index (Phi) is 5.05. The van der Waals surface area contributed by atoms with Crippen molar-refractivity contribution in [1.29, 1.82) is 0 Å². The van der Waals surface area contributed by atoms with Crippen LogP contribution in [0.1, 0.15) is 33.0 Å². The molecule has 120 valence electrons. The highest BCUT2D eigenvalue weighted by atomic mass is 32.2. The lowest BCUT2D eigenvalue weighted by atomic mass is 10.2. The maximum absolute atomic E-state index is 12.5. The van der Waals surface area contributed by atoms with E-state index in [2.05, 4.69) is 16.9 Å². The zero-order chi connectivity index (χ0) is 16.4. The molecule has 0 spiro atoms. The smallest absolute Gasteiger partial charge is 0.277 e. The summed E-state index contributed by atoms with van der Waals surface area (Å²) in [5.74, 6) is 1.73. The van der Waals surface area contributed by atoms with Crippen LogP contribution in [0.25, 0.3) is 11.0 Å². The van der Waals surface area contributed by atoms with Gasteiger partial charge in [0.1, 0.15) is 16.2 Å². The van der Waals surface area contributed by atoms with E-state index in [1.807, 2.05) is 13.8 Å². The van der Waals surface area contributed by atoms with Gasteiger partial charge in [-0.05, 0) is 25.0 Å². The number of thioether (sulfide) groups is 1. The van der Waals surface area contributed by atoms with Crippen molar-refractivity contribution in [2.24, 2.45) is 13.0 Å². The second-order valence-corrected chi connectivity index (χ2v) is 6.86. The molecule has 0 aliphatic heterocycles.